The van der Waals surface area contributed by atoms with Crippen molar-refractivity contribution in [3.63, 3.8) is 0 Å². The SMILES string of the molecule is C=CCC(C)Nc1nc2cc(N)ccc2o1. The maximum Gasteiger partial charge on any atom is 0.295 e. The number of hydrogen-bond donors (Lipinski definition) is 2. The van der Waals surface area contributed by atoms with Gasteiger partial charge in [0.25, 0.3) is 6.01 Å². The van der Waals surface area contributed by atoms with Crippen LogP contribution in [0.2, 0.25) is 0 Å². The summed E-state index contributed by atoms with van der Waals surface area (Å²) in [6.45, 7) is 5.74. The lowest BCUT2D eigenvalue weighted by atomic mass is 10.2. The molecule has 0 saturated heterocycles. The largest absolute Gasteiger partial charge is 0.424 e. The van der Waals surface area contributed by atoms with Gasteiger partial charge in [0.1, 0.15) is 5.52 Å². The molecule has 0 amide bonds. The second-order valence-corrected chi connectivity index (χ2v) is 3.82. The van der Waals surface area contributed by atoms with Gasteiger partial charge in [-0.05, 0) is 31.5 Å². The van der Waals surface area contributed by atoms with Gasteiger partial charge in [0.2, 0.25) is 0 Å². The van der Waals surface area contributed by atoms with Crippen LogP contribution in [0.4, 0.5) is 11.7 Å². The van der Waals surface area contributed by atoms with Crippen LogP contribution in [0.15, 0.2) is 35.3 Å². The van der Waals surface area contributed by atoms with Crippen molar-refractivity contribution in [2.45, 2.75) is 19.4 Å². The molecule has 0 fully saturated rings. The van der Waals surface area contributed by atoms with Crippen LogP contribution in [0.25, 0.3) is 11.1 Å². The standard InChI is InChI=1S/C12H15N3O/c1-3-4-8(2)14-12-15-10-7-9(13)5-6-11(10)16-12/h3,5-8H,1,4,13H2,2H3,(H,14,15). The summed E-state index contributed by atoms with van der Waals surface area (Å²) in [6, 6.07) is 6.19. The number of oxazole rings is 1. The molecular weight excluding hydrogens is 202 g/mol. The second kappa shape index (κ2) is 4.26. The van der Waals surface area contributed by atoms with Gasteiger partial charge in [-0.3, -0.25) is 0 Å². The average Bonchev–Trinajstić information content (AvgIpc) is 2.59. The summed E-state index contributed by atoms with van der Waals surface area (Å²) in [6.07, 6.45) is 2.72. The summed E-state index contributed by atoms with van der Waals surface area (Å²) in [5, 5.41) is 3.16. The van der Waals surface area contributed by atoms with Crippen molar-refractivity contribution in [1.29, 1.82) is 0 Å². The molecule has 0 spiro atoms. The highest BCUT2D eigenvalue weighted by Gasteiger charge is 2.07. The van der Waals surface area contributed by atoms with E-state index >= 15 is 0 Å². The predicted molar refractivity (Wildman–Crippen MR) is 66.3 cm³/mol. The smallest absolute Gasteiger partial charge is 0.295 e. The number of nitrogens with zero attached hydrogens (tertiary/aromatic N) is 1. The van der Waals surface area contributed by atoms with Crippen LogP contribution < -0.4 is 11.1 Å². The molecule has 0 aliphatic rings. The lowest BCUT2D eigenvalue weighted by Gasteiger charge is -2.07. The number of rotatable bonds is 4. The molecule has 0 aliphatic carbocycles. The molecule has 84 valence electrons. The topological polar surface area (TPSA) is 64.1 Å². The summed E-state index contributed by atoms with van der Waals surface area (Å²) < 4.78 is 5.53. The van der Waals surface area contributed by atoms with E-state index in [1.807, 2.05) is 19.1 Å². The Morgan fingerprint density at radius 3 is 3.19 bits per heavy atom. The molecule has 4 heteroatoms. The number of hydrogen-bond acceptors (Lipinski definition) is 4. The molecular formula is C12H15N3O. The Bertz CT molecular complexity index is 504. The third-order valence-electron chi connectivity index (χ3n) is 2.30. The van der Waals surface area contributed by atoms with Crippen molar-refractivity contribution < 1.29 is 4.42 Å². The summed E-state index contributed by atoms with van der Waals surface area (Å²) in [4.78, 5) is 4.30. The zero-order valence-electron chi connectivity index (χ0n) is 9.23. The Hall–Kier alpha value is -1.97. The number of anilines is 2. The first-order valence-corrected chi connectivity index (χ1v) is 5.22. The van der Waals surface area contributed by atoms with Crippen molar-refractivity contribution in [3.05, 3.63) is 30.9 Å². The number of benzene rings is 1. The van der Waals surface area contributed by atoms with Crippen molar-refractivity contribution in [2.75, 3.05) is 11.1 Å². The van der Waals surface area contributed by atoms with Gasteiger partial charge in [-0.1, -0.05) is 6.08 Å². The Morgan fingerprint density at radius 1 is 1.62 bits per heavy atom. The molecule has 2 rings (SSSR count). The van der Waals surface area contributed by atoms with Crippen molar-refractivity contribution >= 4 is 22.8 Å². The van der Waals surface area contributed by atoms with Crippen LogP contribution in [0.1, 0.15) is 13.3 Å². The molecule has 3 N–H and O–H groups in total. The molecule has 16 heavy (non-hydrogen) atoms. The molecule has 0 bridgehead atoms. The third-order valence-corrected chi connectivity index (χ3v) is 2.30. The van der Waals surface area contributed by atoms with Crippen molar-refractivity contribution in [3.8, 4) is 0 Å². The first-order chi connectivity index (χ1) is 7.69. The number of nitrogens with one attached hydrogen (secondary N) is 1. The maximum atomic E-state index is 5.67. The minimum atomic E-state index is 0.253. The highest BCUT2D eigenvalue weighted by atomic mass is 16.4. The van der Waals surface area contributed by atoms with Crippen LogP contribution in [-0.4, -0.2) is 11.0 Å². The fourth-order valence-corrected chi connectivity index (χ4v) is 1.53. The molecule has 1 aromatic heterocycles. The summed E-state index contributed by atoms with van der Waals surface area (Å²) in [5.74, 6) is 0. The quantitative estimate of drug-likeness (QED) is 0.610. The minimum Gasteiger partial charge on any atom is -0.424 e. The van der Waals surface area contributed by atoms with Crippen LogP contribution in [0, 0.1) is 0 Å². The van der Waals surface area contributed by atoms with Gasteiger partial charge in [-0.2, -0.15) is 4.98 Å². The molecule has 4 nitrogen and oxygen atoms in total. The second-order valence-electron chi connectivity index (χ2n) is 3.82. The monoisotopic (exact) mass is 217 g/mol. The zero-order chi connectivity index (χ0) is 11.5. The Labute approximate surface area is 94.2 Å². The van der Waals surface area contributed by atoms with Gasteiger partial charge >= 0.3 is 0 Å². The lowest BCUT2D eigenvalue weighted by Crippen LogP contribution is -2.13. The average molecular weight is 217 g/mol. The van der Waals surface area contributed by atoms with Crippen molar-refractivity contribution in [2.24, 2.45) is 0 Å². The number of nitrogen functional groups attached to an aromatic ring is 1. The molecule has 2 aromatic rings. The molecule has 0 radical (unpaired) electrons. The molecule has 1 atom stereocenters. The maximum absolute atomic E-state index is 5.67. The molecule has 0 aliphatic heterocycles. The highest BCUT2D eigenvalue weighted by molar-refractivity contribution is 5.78. The van der Waals surface area contributed by atoms with Gasteiger partial charge in [0.15, 0.2) is 5.58 Å². The fourth-order valence-electron chi connectivity index (χ4n) is 1.53. The van der Waals surface area contributed by atoms with E-state index in [-0.39, 0.29) is 6.04 Å². The van der Waals surface area contributed by atoms with E-state index in [0.29, 0.717) is 11.7 Å². The number of nitrogens with two attached hydrogens (primary N) is 1. The predicted octanol–water partition coefficient (Wildman–Crippen LogP) is 2.79. The van der Waals surface area contributed by atoms with E-state index in [2.05, 4.69) is 16.9 Å². The molecule has 1 aromatic carbocycles. The highest BCUT2D eigenvalue weighted by Crippen LogP contribution is 2.21. The van der Waals surface area contributed by atoms with Gasteiger partial charge in [-0.15, -0.1) is 6.58 Å². The molecule has 1 heterocycles. The number of fused-ring (bicyclic) bond motifs is 1. The van der Waals surface area contributed by atoms with E-state index in [1.165, 1.54) is 0 Å². The van der Waals surface area contributed by atoms with Gasteiger partial charge in [0.05, 0.1) is 0 Å². The van der Waals surface area contributed by atoms with E-state index in [4.69, 9.17) is 10.2 Å². The van der Waals surface area contributed by atoms with Crippen LogP contribution >= 0.6 is 0 Å². The van der Waals surface area contributed by atoms with Gasteiger partial charge in [-0.25, -0.2) is 0 Å². The number of aromatic nitrogens is 1. The molecule has 1 unspecified atom stereocenters. The first-order valence-electron chi connectivity index (χ1n) is 5.22. The van der Waals surface area contributed by atoms with Crippen molar-refractivity contribution in [1.82, 2.24) is 4.98 Å². The summed E-state index contributed by atoms with van der Waals surface area (Å²) in [7, 11) is 0. The Morgan fingerprint density at radius 2 is 2.44 bits per heavy atom. The van der Waals surface area contributed by atoms with Crippen LogP contribution in [0.3, 0.4) is 0 Å². The first kappa shape index (κ1) is 10.5. The van der Waals surface area contributed by atoms with Gasteiger partial charge in [0, 0.05) is 11.7 Å². The summed E-state index contributed by atoms with van der Waals surface area (Å²) >= 11 is 0. The Kier molecular flexibility index (Phi) is 2.81. The minimum absolute atomic E-state index is 0.253. The Balaban J connectivity index is 2.22. The molecule has 0 saturated carbocycles. The normalized spacial score (nSPS) is 12.6. The lowest BCUT2D eigenvalue weighted by molar-refractivity contribution is 0.600. The van der Waals surface area contributed by atoms with Gasteiger partial charge < -0.3 is 15.5 Å². The fraction of sp³-hybridized carbons (Fsp3) is 0.250. The van der Waals surface area contributed by atoms with E-state index in [1.54, 1.807) is 12.1 Å². The van der Waals surface area contributed by atoms with E-state index in [9.17, 15) is 0 Å². The van der Waals surface area contributed by atoms with Crippen LogP contribution in [0.5, 0.6) is 0 Å². The summed E-state index contributed by atoms with van der Waals surface area (Å²) in [5.41, 5.74) is 7.86. The van der Waals surface area contributed by atoms with Crippen LogP contribution in [-0.2, 0) is 0 Å². The third kappa shape index (κ3) is 2.16. The van der Waals surface area contributed by atoms with E-state index < -0.39 is 0 Å². The zero-order valence-corrected chi connectivity index (χ0v) is 9.23. The van der Waals surface area contributed by atoms with E-state index in [0.717, 1.165) is 17.5 Å².